The molecule has 2 aromatic rings. The highest BCUT2D eigenvalue weighted by Crippen LogP contribution is 2.57. The van der Waals surface area contributed by atoms with Crippen LogP contribution in [0.3, 0.4) is 0 Å². The van der Waals surface area contributed by atoms with Gasteiger partial charge in [0.15, 0.2) is 5.78 Å². The van der Waals surface area contributed by atoms with Crippen LogP contribution < -0.4 is 0 Å². The number of nitrogens with zero attached hydrogens (tertiary/aromatic N) is 1. The Kier molecular flexibility index (Phi) is 5.45. The Hall–Kier alpha value is -2.62. The second kappa shape index (κ2) is 7.81. The third kappa shape index (κ3) is 3.37. The average molecular weight is 420 g/mol. The molecule has 31 heavy (non-hydrogen) atoms. The molecular formula is C27H33NO3. The van der Waals surface area contributed by atoms with E-state index in [-0.39, 0.29) is 28.6 Å². The largest absolute Gasteiger partial charge is 0.508 e. The molecule has 0 aromatic heterocycles. The van der Waals surface area contributed by atoms with E-state index >= 15 is 0 Å². The Bertz CT molecular complexity index is 1010. The van der Waals surface area contributed by atoms with E-state index in [1.807, 2.05) is 11.0 Å². The molecule has 4 rings (SSSR count). The van der Waals surface area contributed by atoms with Gasteiger partial charge in [0, 0.05) is 35.5 Å². The molecule has 1 amide bonds. The number of ketones is 1. The number of hydrogen-bond donors (Lipinski definition) is 1. The highest BCUT2D eigenvalue weighted by Gasteiger charge is 2.57. The number of likely N-dealkylation sites (tertiary alicyclic amines) is 1. The molecule has 2 atom stereocenters. The van der Waals surface area contributed by atoms with Crippen molar-refractivity contribution in [3.05, 3.63) is 64.7 Å². The summed E-state index contributed by atoms with van der Waals surface area (Å²) in [6, 6.07) is 13.0. The van der Waals surface area contributed by atoms with Crippen LogP contribution in [0.4, 0.5) is 0 Å². The minimum Gasteiger partial charge on any atom is -0.508 e. The maximum absolute atomic E-state index is 13.5. The molecule has 0 spiro atoms. The summed E-state index contributed by atoms with van der Waals surface area (Å²) in [5.41, 5.74) is 3.26. The van der Waals surface area contributed by atoms with Crippen molar-refractivity contribution >= 4 is 11.7 Å². The van der Waals surface area contributed by atoms with E-state index in [4.69, 9.17) is 0 Å². The second-order valence-electron chi connectivity index (χ2n) is 9.93. The van der Waals surface area contributed by atoms with Crippen LogP contribution in [0.5, 0.6) is 5.75 Å². The summed E-state index contributed by atoms with van der Waals surface area (Å²) < 4.78 is 0. The fraction of sp³-hybridized carbons (Fsp3) is 0.481. The quantitative estimate of drug-likeness (QED) is 0.649. The fourth-order valence-corrected chi connectivity index (χ4v) is 5.62. The van der Waals surface area contributed by atoms with Gasteiger partial charge < -0.3 is 10.0 Å². The summed E-state index contributed by atoms with van der Waals surface area (Å²) in [5, 5.41) is 10.5. The third-order valence-corrected chi connectivity index (χ3v) is 8.10. The van der Waals surface area contributed by atoms with Crippen molar-refractivity contribution in [2.75, 3.05) is 6.54 Å². The van der Waals surface area contributed by atoms with Gasteiger partial charge in [0.2, 0.25) is 0 Å². The van der Waals surface area contributed by atoms with Crippen LogP contribution in [0.1, 0.15) is 85.2 Å². The molecular weight excluding hydrogens is 386 g/mol. The number of fused-ring (bicyclic) bond motifs is 4. The Balaban J connectivity index is 1.63. The molecule has 2 aliphatic rings. The van der Waals surface area contributed by atoms with E-state index < -0.39 is 0 Å². The number of unbranched alkanes of at least 4 members (excludes halogenated alkanes) is 1. The molecule has 0 saturated carbocycles. The molecule has 164 valence electrons. The zero-order valence-corrected chi connectivity index (χ0v) is 19.1. The first-order chi connectivity index (χ1) is 14.7. The number of piperidine rings is 1. The standard InChI is InChI=1S/C27H33NO3/c1-5-6-9-22(29)18-11-13-19(14-12-18)25(31)28-16-15-27(4)21-8-7-10-23(30)20(21)17-24(28)26(27,2)3/h7-8,10-14,24,30H,5-6,9,15-17H2,1-4H3/t24-,27+/m1/s1. The van der Waals surface area contributed by atoms with Crippen molar-refractivity contribution in [2.24, 2.45) is 5.41 Å². The SMILES string of the molecule is CCCCC(=O)c1ccc(C(=O)N2CC[C@@]3(C)c4cccc(O)c4C[C@@H]2C3(C)C)cc1. The number of aromatic hydroxyl groups is 1. The average Bonchev–Trinajstić information content (AvgIpc) is 2.75. The van der Waals surface area contributed by atoms with Gasteiger partial charge in [0.25, 0.3) is 5.91 Å². The van der Waals surface area contributed by atoms with Crippen LogP contribution in [0, 0.1) is 5.41 Å². The number of phenolic OH excluding ortho intramolecular Hbond substituents is 1. The van der Waals surface area contributed by atoms with Crippen molar-refractivity contribution in [1.29, 1.82) is 0 Å². The number of rotatable bonds is 5. The van der Waals surface area contributed by atoms with Crippen molar-refractivity contribution in [2.45, 2.75) is 71.3 Å². The number of amides is 1. The molecule has 4 nitrogen and oxygen atoms in total. The predicted octanol–water partition coefficient (Wildman–Crippen LogP) is 5.52. The van der Waals surface area contributed by atoms with Gasteiger partial charge in [-0.2, -0.15) is 0 Å². The van der Waals surface area contributed by atoms with Crippen LogP contribution in [-0.2, 0) is 11.8 Å². The maximum atomic E-state index is 13.5. The normalized spacial score (nSPS) is 23.9. The van der Waals surface area contributed by atoms with Crippen molar-refractivity contribution < 1.29 is 14.7 Å². The minimum absolute atomic E-state index is 0.00501. The Morgan fingerprint density at radius 2 is 1.74 bits per heavy atom. The fourth-order valence-electron chi connectivity index (χ4n) is 5.62. The zero-order valence-electron chi connectivity index (χ0n) is 19.1. The third-order valence-electron chi connectivity index (χ3n) is 8.10. The van der Waals surface area contributed by atoms with Crippen molar-refractivity contribution in [3.8, 4) is 5.75 Å². The minimum atomic E-state index is -0.127. The van der Waals surface area contributed by atoms with Gasteiger partial charge >= 0.3 is 0 Å². The van der Waals surface area contributed by atoms with Gasteiger partial charge in [-0.15, -0.1) is 0 Å². The Labute approximate surface area is 185 Å². The van der Waals surface area contributed by atoms with E-state index in [2.05, 4.69) is 33.8 Å². The van der Waals surface area contributed by atoms with Gasteiger partial charge in [0.1, 0.15) is 5.75 Å². The monoisotopic (exact) mass is 419 g/mol. The Morgan fingerprint density at radius 1 is 1.06 bits per heavy atom. The molecule has 1 N–H and O–H groups in total. The summed E-state index contributed by atoms with van der Waals surface area (Å²) >= 11 is 0. The molecule has 2 aromatic carbocycles. The van der Waals surface area contributed by atoms with E-state index in [1.54, 1.807) is 30.3 Å². The van der Waals surface area contributed by atoms with Crippen LogP contribution >= 0.6 is 0 Å². The molecule has 2 bridgehead atoms. The summed E-state index contributed by atoms with van der Waals surface area (Å²) in [6.07, 6.45) is 3.94. The number of hydrogen-bond acceptors (Lipinski definition) is 3. The molecule has 4 heteroatoms. The molecule has 1 saturated heterocycles. The number of carbonyl (C=O) groups is 2. The smallest absolute Gasteiger partial charge is 0.254 e. The predicted molar refractivity (Wildman–Crippen MR) is 123 cm³/mol. The first-order valence-electron chi connectivity index (χ1n) is 11.5. The van der Waals surface area contributed by atoms with Gasteiger partial charge in [-0.05, 0) is 54.0 Å². The van der Waals surface area contributed by atoms with E-state index in [0.29, 0.717) is 36.3 Å². The van der Waals surface area contributed by atoms with Gasteiger partial charge in [-0.1, -0.05) is 58.4 Å². The molecule has 1 aliphatic heterocycles. The summed E-state index contributed by atoms with van der Waals surface area (Å²) in [4.78, 5) is 27.8. The van der Waals surface area contributed by atoms with Crippen molar-refractivity contribution in [3.63, 3.8) is 0 Å². The summed E-state index contributed by atoms with van der Waals surface area (Å²) in [5.74, 6) is 0.468. The number of phenols is 1. The lowest BCUT2D eigenvalue weighted by Crippen LogP contribution is -2.64. The second-order valence-corrected chi connectivity index (χ2v) is 9.93. The number of benzene rings is 2. The topological polar surface area (TPSA) is 57.6 Å². The van der Waals surface area contributed by atoms with Crippen LogP contribution in [0.15, 0.2) is 42.5 Å². The van der Waals surface area contributed by atoms with Gasteiger partial charge in [0.05, 0.1) is 0 Å². The first kappa shape index (κ1) is 21.6. The Morgan fingerprint density at radius 3 is 2.42 bits per heavy atom. The van der Waals surface area contributed by atoms with Crippen LogP contribution in [-0.4, -0.2) is 34.3 Å². The molecule has 0 radical (unpaired) electrons. The van der Waals surface area contributed by atoms with Crippen LogP contribution in [0.2, 0.25) is 0 Å². The van der Waals surface area contributed by atoms with Crippen molar-refractivity contribution in [1.82, 2.24) is 4.90 Å². The van der Waals surface area contributed by atoms with E-state index in [1.165, 1.54) is 5.56 Å². The molecule has 1 aliphatic carbocycles. The van der Waals surface area contributed by atoms with Gasteiger partial charge in [-0.25, -0.2) is 0 Å². The van der Waals surface area contributed by atoms with E-state index in [9.17, 15) is 14.7 Å². The lowest BCUT2D eigenvalue weighted by molar-refractivity contribution is -0.0266. The molecule has 0 unspecified atom stereocenters. The van der Waals surface area contributed by atoms with E-state index in [0.717, 1.165) is 24.8 Å². The first-order valence-corrected chi connectivity index (χ1v) is 11.5. The number of Topliss-reactive ketones (excluding diaryl/α,β-unsaturated/α-hetero) is 1. The van der Waals surface area contributed by atoms with Gasteiger partial charge in [-0.3, -0.25) is 9.59 Å². The highest BCUT2D eigenvalue weighted by molar-refractivity contribution is 5.99. The maximum Gasteiger partial charge on any atom is 0.254 e. The lowest BCUT2D eigenvalue weighted by Gasteiger charge is -2.60. The summed E-state index contributed by atoms with van der Waals surface area (Å²) in [6.45, 7) is 9.54. The number of carbonyl (C=O) groups excluding carboxylic acids is 2. The highest BCUT2D eigenvalue weighted by atomic mass is 16.3. The zero-order chi connectivity index (χ0) is 22.4. The summed E-state index contributed by atoms with van der Waals surface area (Å²) in [7, 11) is 0. The lowest BCUT2D eigenvalue weighted by atomic mass is 9.51. The molecule has 1 heterocycles. The molecule has 1 fully saturated rings. The van der Waals surface area contributed by atoms with Crippen LogP contribution in [0.25, 0.3) is 0 Å².